The Bertz CT molecular complexity index is 597. The normalized spacial score (nSPS) is 17.8. The summed E-state index contributed by atoms with van der Waals surface area (Å²) in [7, 11) is 0. The van der Waals surface area contributed by atoms with E-state index in [2.05, 4.69) is 5.32 Å². The van der Waals surface area contributed by atoms with Crippen LogP contribution in [0.25, 0.3) is 0 Å². The van der Waals surface area contributed by atoms with Crippen molar-refractivity contribution in [2.75, 3.05) is 5.75 Å². The minimum atomic E-state index is -0.187. The molecule has 1 N–H and O–H groups in total. The van der Waals surface area contributed by atoms with Crippen molar-refractivity contribution in [3.63, 3.8) is 0 Å². The number of fused-ring (bicyclic) bond motifs is 1. The van der Waals surface area contributed by atoms with Crippen molar-refractivity contribution in [3.05, 3.63) is 52.9 Å². The molecule has 0 aliphatic carbocycles. The van der Waals surface area contributed by atoms with Gasteiger partial charge in [-0.3, -0.25) is 4.79 Å². The van der Waals surface area contributed by atoms with Crippen LogP contribution < -0.4 is 5.32 Å². The lowest BCUT2D eigenvalue weighted by Crippen LogP contribution is -2.30. The second-order valence-corrected chi connectivity index (χ2v) is 5.90. The van der Waals surface area contributed by atoms with Gasteiger partial charge in [-0.1, -0.05) is 11.6 Å². The van der Waals surface area contributed by atoms with Gasteiger partial charge in [-0.25, -0.2) is 0 Å². The zero-order valence-corrected chi connectivity index (χ0v) is 11.6. The Hall–Kier alpha value is -1.39. The van der Waals surface area contributed by atoms with Crippen LogP contribution in [-0.2, 0) is 0 Å². The molecule has 2 aromatic rings. The van der Waals surface area contributed by atoms with E-state index in [0.717, 1.165) is 17.7 Å². The van der Waals surface area contributed by atoms with Crippen LogP contribution in [0.5, 0.6) is 0 Å². The van der Waals surface area contributed by atoms with E-state index >= 15 is 0 Å². The number of furan rings is 1. The van der Waals surface area contributed by atoms with E-state index in [9.17, 15) is 4.79 Å². The minimum Gasteiger partial charge on any atom is -0.459 e. The molecule has 19 heavy (non-hydrogen) atoms. The van der Waals surface area contributed by atoms with Crippen molar-refractivity contribution in [1.82, 2.24) is 5.32 Å². The molecule has 1 aliphatic rings. The highest BCUT2D eigenvalue weighted by molar-refractivity contribution is 7.99. The molecule has 0 spiro atoms. The SMILES string of the molecule is O=C(NC1CCSc2ccc(Cl)cc21)c1ccco1. The Morgan fingerprint density at radius 2 is 2.32 bits per heavy atom. The van der Waals surface area contributed by atoms with Gasteiger partial charge in [0.05, 0.1) is 12.3 Å². The molecule has 1 atom stereocenters. The Kier molecular flexibility index (Phi) is 3.53. The van der Waals surface area contributed by atoms with Crippen LogP contribution in [0.2, 0.25) is 5.02 Å². The lowest BCUT2D eigenvalue weighted by Gasteiger charge is -2.25. The van der Waals surface area contributed by atoms with Crippen LogP contribution >= 0.6 is 23.4 Å². The van der Waals surface area contributed by atoms with Gasteiger partial charge in [0.25, 0.3) is 5.91 Å². The fourth-order valence-electron chi connectivity index (χ4n) is 2.15. The molecule has 0 saturated heterocycles. The van der Waals surface area contributed by atoms with Gasteiger partial charge in [0.15, 0.2) is 5.76 Å². The van der Waals surface area contributed by atoms with Crippen LogP contribution in [0.15, 0.2) is 45.9 Å². The van der Waals surface area contributed by atoms with Gasteiger partial charge in [-0.2, -0.15) is 0 Å². The fourth-order valence-corrected chi connectivity index (χ4v) is 3.44. The summed E-state index contributed by atoms with van der Waals surface area (Å²) in [5.74, 6) is 1.13. The standard InChI is InChI=1S/C14H12ClNO2S/c15-9-3-4-13-10(8-9)11(5-7-19-13)16-14(17)12-2-1-6-18-12/h1-4,6,8,11H,5,7H2,(H,16,17). The average molecular weight is 294 g/mol. The number of halogens is 1. The summed E-state index contributed by atoms with van der Waals surface area (Å²) in [5, 5.41) is 3.69. The molecule has 2 heterocycles. The molecule has 1 aromatic carbocycles. The number of carbonyl (C=O) groups excluding carboxylic acids is 1. The van der Waals surface area contributed by atoms with E-state index in [-0.39, 0.29) is 11.9 Å². The highest BCUT2D eigenvalue weighted by Crippen LogP contribution is 2.37. The Morgan fingerprint density at radius 3 is 3.11 bits per heavy atom. The van der Waals surface area contributed by atoms with Crippen molar-refractivity contribution in [2.24, 2.45) is 0 Å². The molecule has 1 aliphatic heterocycles. The first kappa shape index (κ1) is 12.6. The van der Waals surface area contributed by atoms with Crippen molar-refractivity contribution in [2.45, 2.75) is 17.4 Å². The zero-order chi connectivity index (χ0) is 13.2. The Morgan fingerprint density at radius 1 is 1.42 bits per heavy atom. The largest absolute Gasteiger partial charge is 0.459 e. The molecular weight excluding hydrogens is 282 g/mol. The van der Waals surface area contributed by atoms with Crippen molar-refractivity contribution >= 4 is 29.3 Å². The van der Waals surface area contributed by atoms with Gasteiger partial charge in [-0.15, -0.1) is 11.8 Å². The third-order valence-corrected chi connectivity index (χ3v) is 4.42. The maximum Gasteiger partial charge on any atom is 0.287 e. The molecule has 1 aromatic heterocycles. The molecule has 0 saturated carbocycles. The predicted molar refractivity (Wildman–Crippen MR) is 75.7 cm³/mol. The minimum absolute atomic E-state index is 0.00690. The van der Waals surface area contributed by atoms with E-state index in [0.29, 0.717) is 10.8 Å². The van der Waals surface area contributed by atoms with Crippen molar-refractivity contribution < 1.29 is 9.21 Å². The number of amides is 1. The van der Waals surface area contributed by atoms with Crippen molar-refractivity contribution in [1.29, 1.82) is 0 Å². The Balaban J connectivity index is 1.84. The first-order valence-electron chi connectivity index (χ1n) is 6.00. The predicted octanol–water partition coefficient (Wildman–Crippen LogP) is 3.90. The topological polar surface area (TPSA) is 42.2 Å². The molecule has 3 rings (SSSR count). The molecule has 5 heteroatoms. The number of hydrogen-bond donors (Lipinski definition) is 1. The highest BCUT2D eigenvalue weighted by Gasteiger charge is 2.23. The number of benzene rings is 1. The molecule has 98 valence electrons. The Labute approximate surface area is 120 Å². The van der Waals surface area contributed by atoms with Gasteiger partial charge in [0.2, 0.25) is 0 Å². The molecule has 0 fully saturated rings. The van der Waals surface area contributed by atoms with Gasteiger partial charge in [0, 0.05) is 15.7 Å². The summed E-state index contributed by atoms with van der Waals surface area (Å²) >= 11 is 7.83. The number of nitrogens with one attached hydrogen (secondary N) is 1. The quantitative estimate of drug-likeness (QED) is 0.913. The van der Waals surface area contributed by atoms with Crippen molar-refractivity contribution in [3.8, 4) is 0 Å². The molecular formula is C14H12ClNO2S. The highest BCUT2D eigenvalue weighted by atomic mass is 35.5. The van der Waals surface area contributed by atoms with Gasteiger partial charge in [0.1, 0.15) is 0 Å². The number of hydrogen-bond acceptors (Lipinski definition) is 3. The smallest absolute Gasteiger partial charge is 0.287 e. The molecule has 0 radical (unpaired) electrons. The van der Waals surface area contributed by atoms with E-state index in [4.69, 9.17) is 16.0 Å². The van der Waals surface area contributed by atoms with Crippen LogP contribution in [0.1, 0.15) is 28.6 Å². The summed E-state index contributed by atoms with van der Waals surface area (Å²) in [6.45, 7) is 0. The second kappa shape index (κ2) is 5.31. The average Bonchev–Trinajstić information content (AvgIpc) is 2.93. The second-order valence-electron chi connectivity index (χ2n) is 4.32. The van der Waals surface area contributed by atoms with Crippen LogP contribution in [0, 0.1) is 0 Å². The van der Waals surface area contributed by atoms with E-state index < -0.39 is 0 Å². The summed E-state index contributed by atoms with van der Waals surface area (Å²) < 4.78 is 5.11. The number of thioether (sulfide) groups is 1. The van der Waals surface area contributed by atoms with Crippen LogP contribution in [-0.4, -0.2) is 11.7 Å². The third kappa shape index (κ3) is 2.65. The molecule has 0 bridgehead atoms. The monoisotopic (exact) mass is 293 g/mol. The lowest BCUT2D eigenvalue weighted by molar-refractivity contribution is 0.0907. The van der Waals surface area contributed by atoms with E-state index in [1.165, 1.54) is 11.2 Å². The first-order valence-corrected chi connectivity index (χ1v) is 7.37. The summed E-state index contributed by atoms with van der Waals surface area (Å²) in [4.78, 5) is 13.2. The van der Waals surface area contributed by atoms with E-state index in [1.54, 1.807) is 23.9 Å². The summed E-state index contributed by atoms with van der Waals surface area (Å²) in [6, 6.07) is 9.17. The molecule has 1 amide bonds. The van der Waals surface area contributed by atoms with Crippen LogP contribution in [0.4, 0.5) is 0 Å². The maximum atomic E-state index is 12.0. The van der Waals surface area contributed by atoms with Gasteiger partial charge >= 0.3 is 0 Å². The summed E-state index contributed by atoms with van der Waals surface area (Å²) in [5.41, 5.74) is 1.09. The fraction of sp³-hybridized carbons (Fsp3) is 0.214. The third-order valence-electron chi connectivity index (χ3n) is 3.06. The molecule has 1 unspecified atom stereocenters. The number of rotatable bonds is 2. The first-order chi connectivity index (χ1) is 9.24. The van der Waals surface area contributed by atoms with E-state index in [1.807, 2.05) is 18.2 Å². The zero-order valence-electron chi connectivity index (χ0n) is 10.1. The van der Waals surface area contributed by atoms with Crippen LogP contribution in [0.3, 0.4) is 0 Å². The van der Waals surface area contributed by atoms with Gasteiger partial charge < -0.3 is 9.73 Å². The summed E-state index contributed by atoms with van der Waals surface area (Å²) in [6.07, 6.45) is 2.39. The van der Waals surface area contributed by atoms with Gasteiger partial charge in [-0.05, 0) is 42.3 Å². The molecule has 3 nitrogen and oxygen atoms in total. The lowest BCUT2D eigenvalue weighted by atomic mass is 10.0. The maximum absolute atomic E-state index is 12.0. The number of carbonyl (C=O) groups is 1.